The number of para-hydroxylation sites is 2. The molecule has 0 unspecified atom stereocenters. The molecule has 0 aliphatic carbocycles. The third kappa shape index (κ3) is 2.15. The lowest BCUT2D eigenvalue weighted by Gasteiger charge is -2.17. The molecule has 2 rings (SSSR count). The molecule has 2 amide bonds. The van der Waals surface area contributed by atoms with Crippen LogP contribution in [0.5, 0.6) is 5.75 Å². The van der Waals surface area contributed by atoms with Crippen LogP contribution in [-0.2, 0) is 9.59 Å². The van der Waals surface area contributed by atoms with Gasteiger partial charge in [0.25, 0.3) is 11.8 Å². The van der Waals surface area contributed by atoms with Crippen LogP contribution in [0.1, 0.15) is 0 Å². The van der Waals surface area contributed by atoms with Crippen LogP contribution < -0.4 is 9.64 Å². The standard InChI is InChI=1S/C11H7F2NO3/c12-11(13)17-8-4-2-1-3-7(8)14-9(15)5-6-10(14)16/h1-6,11H. The smallest absolute Gasteiger partial charge is 0.387 e. The Morgan fingerprint density at radius 2 is 1.65 bits per heavy atom. The second kappa shape index (κ2) is 4.32. The first kappa shape index (κ1) is 11.3. The topological polar surface area (TPSA) is 46.6 Å². The van der Waals surface area contributed by atoms with Crippen LogP contribution in [0.25, 0.3) is 0 Å². The molecular formula is C11H7F2NO3. The molecule has 0 bridgehead atoms. The van der Waals surface area contributed by atoms with Crippen molar-refractivity contribution in [1.82, 2.24) is 0 Å². The lowest BCUT2D eigenvalue weighted by Crippen LogP contribution is -2.30. The third-order valence-electron chi connectivity index (χ3n) is 2.13. The van der Waals surface area contributed by atoms with Crippen LogP contribution in [0.2, 0.25) is 0 Å². The van der Waals surface area contributed by atoms with Gasteiger partial charge in [0.2, 0.25) is 0 Å². The molecule has 0 fully saturated rings. The number of rotatable bonds is 3. The van der Waals surface area contributed by atoms with Gasteiger partial charge in [0.15, 0.2) is 0 Å². The molecule has 1 aliphatic rings. The van der Waals surface area contributed by atoms with Crippen LogP contribution >= 0.6 is 0 Å². The number of anilines is 1. The number of amides is 2. The van der Waals surface area contributed by atoms with Crippen molar-refractivity contribution < 1.29 is 23.1 Å². The minimum Gasteiger partial charge on any atom is -0.433 e. The first-order chi connectivity index (χ1) is 8.09. The highest BCUT2D eigenvalue weighted by Gasteiger charge is 2.28. The maximum absolute atomic E-state index is 12.2. The molecular weight excluding hydrogens is 232 g/mol. The Morgan fingerprint density at radius 3 is 2.24 bits per heavy atom. The summed E-state index contributed by atoms with van der Waals surface area (Å²) in [5, 5.41) is 0. The normalized spacial score (nSPS) is 14.9. The zero-order chi connectivity index (χ0) is 12.4. The number of carbonyl (C=O) groups excluding carboxylic acids is 2. The summed E-state index contributed by atoms with van der Waals surface area (Å²) in [6.07, 6.45) is 2.14. The highest BCUT2D eigenvalue weighted by molar-refractivity contribution is 6.28. The molecule has 1 aromatic rings. The van der Waals surface area contributed by atoms with Gasteiger partial charge in [-0.05, 0) is 12.1 Å². The average molecular weight is 239 g/mol. The number of nitrogens with zero attached hydrogens (tertiary/aromatic N) is 1. The Bertz CT molecular complexity index is 481. The first-order valence-electron chi connectivity index (χ1n) is 4.69. The molecule has 1 aromatic carbocycles. The van der Waals surface area contributed by atoms with E-state index in [4.69, 9.17) is 0 Å². The Hall–Kier alpha value is -2.24. The molecule has 0 radical (unpaired) electrons. The molecule has 0 N–H and O–H groups in total. The zero-order valence-corrected chi connectivity index (χ0v) is 8.47. The SMILES string of the molecule is O=C1C=CC(=O)N1c1ccccc1OC(F)F. The molecule has 17 heavy (non-hydrogen) atoms. The van der Waals surface area contributed by atoms with E-state index in [1.54, 1.807) is 0 Å². The first-order valence-corrected chi connectivity index (χ1v) is 4.69. The largest absolute Gasteiger partial charge is 0.433 e. The van der Waals surface area contributed by atoms with Crippen LogP contribution in [-0.4, -0.2) is 18.4 Å². The summed E-state index contributed by atoms with van der Waals surface area (Å²) in [6.45, 7) is -3.02. The number of carbonyl (C=O) groups is 2. The van der Waals surface area contributed by atoms with Gasteiger partial charge in [0, 0.05) is 12.2 Å². The monoisotopic (exact) mass is 239 g/mol. The molecule has 0 atom stereocenters. The van der Waals surface area contributed by atoms with Crippen LogP contribution in [0.4, 0.5) is 14.5 Å². The molecule has 0 aromatic heterocycles. The Morgan fingerprint density at radius 1 is 1.06 bits per heavy atom. The second-order valence-corrected chi connectivity index (χ2v) is 3.19. The van der Waals surface area contributed by atoms with Crippen molar-refractivity contribution in [3.8, 4) is 5.75 Å². The summed E-state index contributed by atoms with van der Waals surface area (Å²) in [6, 6.07) is 5.62. The van der Waals surface area contributed by atoms with Crippen molar-refractivity contribution >= 4 is 17.5 Å². The van der Waals surface area contributed by atoms with Gasteiger partial charge < -0.3 is 4.74 Å². The quantitative estimate of drug-likeness (QED) is 0.754. The van der Waals surface area contributed by atoms with Crippen molar-refractivity contribution in [2.45, 2.75) is 6.61 Å². The number of halogens is 2. The fraction of sp³-hybridized carbons (Fsp3) is 0.0909. The fourth-order valence-electron chi connectivity index (χ4n) is 1.48. The maximum Gasteiger partial charge on any atom is 0.387 e. The van der Waals surface area contributed by atoms with Crippen molar-refractivity contribution in [2.75, 3.05) is 4.90 Å². The number of benzene rings is 1. The van der Waals surface area contributed by atoms with E-state index in [-0.39, 0.29) is 11.4 Å². The van der Waals surface area contributed by atoms with E-state index in [9.17, 15) is 18.4 Å². The van der Waals surface area contributed by atoms with Crippen molar-refractivity contribution in [2.24, 2.45) is 0 Å². The molecule has 88 valence electrons. The summed E-state index contributed by atoms with van der Waals surface area (Å²) in [5.74, 6) is -1.38. The van der Waals surface area contributed by atoms with Crippen molar-refractivity contribution in [1.29, 1.82) is 0 Å². The fourth-order valence-corrected chi connectivity index (χ4v) is 1.48. The van der Waals surface area contributed by atoms with Gasteiger partial charge >= 0.3 is 6.61 Å². The lowest BCUT2D eigenvalue weighted by atomic mass is 10.2. The van der Waals surface area contributed by atoms with Crippen LogP contribution in [0.3, 0.4) is 0 Å². The van der Waals surface area contributed by atoms with E-state index in [2.05, 4.69) is 4.74 Å². The number of hydrogen-bond donors (Lipinski definition) is 0. The van der Waals surface area contributed by atoms with Gasteiger partial charge in [-0.3, -0.25) is 9.59 Å². The van der Waals surface area contributed by atoms with Gasteiger partial charge in [0.1, 0.15) is 5.75 Å². The number of hydrogen-bond acceptors (Lipinski definition) is 3. The van der Waals surface area contributed by atoms with E-state index < -0.39 is 18.4 Å². The minimum absolute atomic E-state index is 0.00722. The summed E-state index contributed by atoms with van der Waals surface area (Å²) in [4.78, 5) is 23.6. The Labute approximate surface area is 95.1 Å². The molecule has 0 saturated carbocycles. The minimum atomic E-state index is -3.02. The third-order valence-corrected chi connectivity index (χ3v) is 2.13. The van der Waals surface area contributed by atoms with Gasteiger partial charge in [-0.1, -0.05) is 12.1 Å². The van der Waals surface area contributed by atoms with Gasteiger partial charge in [0.05, 0.1) is 5.69 Å². The molecule has 1 aliphatic heterocycles. The summed E-state index contributed by atoms with van der Waals surface area (Å²) in [7, 11) is 0. The molecule has 0 spiro atoms. The predicted octanol–water partition coefficient (Wildman–Crippen LogP) is 1.72. The van der Waals surface area contributed by atoms with E-state index >= 15 is 0 Å². The molecule has 0 saturated heterocycles. The summed E-state index contributed by atoms with van der Waals surface area (Å²) >= 11 is 0. The van der Waals surface area contributed by atoms with Gasteiger partial charge in [-0.15, -0.1) is 0 Å². The number of alkyl halides is 2. The van der Waals surface area contributed by atoms with Crippen molar-refractivity contribution in [3.63, 3.8) is 0 Å². The summed E-state index contributed by atoms with van der Waals surface area (Å²) in [5.41, 5.74) is 0.00722. The predicted molar refractivity (Wildman–Crippen MR) is 54.7 cm³/mol. The second-order valence-electron chi connectivity index (χ2n) is 3.19. The van der Waals surface area contributed by atoms with Crippen molar-refractivity contribution in [3.05, 3.63) is 36.4 Å². The average Bonchev–Trinajstić information content (AvgIpc) is 2.59. The van der Waals surface area contributed by atoms with Gasteiger partial charge in [-0.2, -0.15) is 8.78 Å². The van der Waals surface area contributed by atoms with E-state index in [1.165, 1.54) is 24.3 Å². The van der Waals surface area contributed by atoms with Crippen LogP contribution in [0, 0.1) is 0 Å². The van der Waals surface area contributed by atoms with E-state index in [0.717, 1.165) is 17.1 Å². The van der Waals surface area contributed by atoms with E-state index in [1.807, 2.05) is 0 Å². The summed E-state index contributed by atoms with van der Waals surface area (Å²) < 4.78 is 28.6. The molecule has 1 heterocycles. The zero-order valence-electron chi connectivity index (χ0n) is 8.47. The molecule has 6 heteroatoms. The molecule has 4 nitrogen and oxygen atoms in total. The van der Waals surface area contributed by atoms with E-state index in [0.29, 0.717) is 0 Å². The highest BCUT2D eigenvalue weighted by Crippen LogP contribution is 2.31. The van der Waals surface area contributed by atoms with Gasteiger partial charge in [-0.25, -0.2) is 4.90 Å². The highest BCUT2D eigenvalue weighted by atomic mass is 19.3. The Kier molecular flexibility index (Phi) is 2.86. The lowest BCUT2D eigenvalue weighted by molar-refractivity contribution is -0.120. The number of ether oxygens (including phenoxy) is 1. The van der Waals surface area contributed by atoms with Crippen LogP contribution in [0.15, 0.2) is 36.4 Å². The number of imide groups is 1. The maximum atomic E-state index is 12.2. The Balaban J connectivity index is 2.38.